The Kier molecular flexibility index (Phi) is 5.39. The Bertz CT molecular complexity index is 867. The van der Waals surface area contributed by atoms with Gasteiger partial charge in [-0.05, 0) is 48.6 Å². The lowest BCUT2D eigenvalue weighted by atomic mass is 10.2. The first-order valence-electron chi connectivity index (χ1n) is 7.72. The van der Waals surface area contributed by atoms with Crippen molar-refractivity contribution in [2.24, 2.45) is 0 Å². The lowest BCUT2D eigenvalue weighted by Gasteiger charge is -2.14. The molecule has 25 heavy (non-hydrogen) atoms. The van der Waals surface area contributed by atoms with Crippen LogP contribution in [0.1, 0.15) is 10.4 Å². The minimum Gasteiger partial charge on any atom is -0.455 e. The van der Waals surface area contributed by atoms with Gasteiger partial charge in [0.05, 0.1) is 5.69 Å². The summed E-state index contributed by atoms with van der Waals surface area (Å²) < 4.78 is 5.87. The number of carbonyl (C=O) groups excluding carboxylic acids is 1. The number of benzene rings is 3. The minimum atomic E-state index is -0.264. The zero-order valence-electron chi connectivity index (χ0n) is 13.3. The zero-order chi connectivity index (χ0) is 17.5. The van der Waals surface area contributed by atoms with Crippen molar-refractivity contribution in [2.75, 3.05) is 5.32 Å². The standard InChI is InChI=1S/C20H16N2O2S/c23-19(15-9-3-1-4-10-15)22-20(25)21-17-13-7-8-14-18(17)24-16-11-5-2-6-12-16/h1-14H,(H2,21,22,23,25). The molecule has 4 nitrogen and oxygen atoms in total. The van der Waals surface area contributed by atoms with Crippen LogP contribution in [0.25, 0.3) is 0 Å². The van der Waals surface area contributed by atoms with Crippen molar-refractivity contribution >= 4 is 28.9 Å². The maximum absolute atomic E-state index is 12.2. The van der Waals surface area contributed by atoms with Crippen LogP contribution in [0.4, 0.5) is 5.69 Å². The van der Waals surface area contributed by atoms with Gasteiger partial charge in [-0.3, -0.25) is 10.1 Å². The molecule has 0 aromatic heterocycles. The molecule has 2 N–H and O–H groups in total. The molecule has 0 radical (unpaired) electrons. The molecule has 5 heteroatoms. The first kappa shape index (κ1) is 16.7. The van der Waals surface area contributed by atoms with Gasteiger partial charge in [-0.15, -0.1) is 0 Å². The molecule has 0 aliphatic rings. The summed E-state index contributed by atoms with van der Waals surface area (Å²) in [5, 5.41) is 5.87. The summed E-state index contributed by atoms with van der Waals surface area (Å²) in [6.45, 7) is 0. The number of amides is 1. The Morgan fingerprint density at radius 2 is 1.40 bits per heavy atom. The molecule has 3 aromatic rings. The van der Waals surface area contributed by atoms with Gasteiger partial charge in [0.1, 0.15) is 5.75 Å². The van der Waals surface area contributed by atoms with Crippen molar-refractivity contribution in [1.29, 1.82) is 0 Å². The normalized spacial score (nSPS) is 9.92. The highest BCUT2D eigenvalue weighted by molar-refractivity contribution is 7.80. The third kappa shape index (κ3) is 4.65. The van der Waals surface area contributed by atoms with E-state index in [0.29, 0.717) is 17.0 Å². The van der Waals surface area contributed by atoms with Gasteiger partial charge in [0, 0.05) is 5.56 Å². The summed E-state index contributed by atoms with van der Waals surface area (Å²) in [4.78, 5) is 12.2. The molecule has 0 bridgehead atoms. The van der Waals surface area contributed by atoms with E-state index in [9.17, 15) is 4.79 Å². The summed E-state index contributed by atoms with van der Waals surface area (Å²) in [5.74, 6) is 1.07. The smallest absolute Gasteiger partial charge is 0.257 e. The first-order chi connectivity index (χ1) is 12.2. The lowest BCUT2D eigenvalue weighted by Crippen LogP contribution is -2.34. The second-order valence-electron chi connectivity index (χ2n) is 5.19. The number of anilines is 1. The molecule has 0 aliphatic carbocycles. The molecule has 124 valence electrons. The van der Waals surface area contributed by atoms with Crippen molar-refractivity contribution in [3.8, 4) is 11.5 Å². The molecule has 0 saturated carbocycles. The maximum atomic E-state index is 12.2. The molecule has 3 rings (SSSR count). The summed E-state index contributed by atoms with van der Waals surface area (Å²) in [6, 6.07) is 25.8. The molecule has 0 spiro atoms. The van der Waals surface area contributed by atoms with Crippen molar-refractivity contribution < 1.29 is 9.53 Å². The van der Waals surface area contributed by atoms with E-state index in [2.05, 4.69) is 10.6 Å². The van der Waals surface area contributed by atoms with Crippen LogP contribution in [0.15, 0.2) is 84.9 Å². The molecule has 0 unspecified atom stereocenters. The van der Waals surface area contributed by atoms with Gasteiger partial charge in [0.25, 0.3) is 5.91 Å². The van der Waals surface area contributed by atoms with Gasteiger partial charge in [0.2, 0.25) is 0 Å². The highest BCUT2D eigenvalue weighted by atomic mass is 32.1. The summed E-state index contributed by atoms with van der Waals surface area (Å²) in [7, 11) is 0. The quantitative estimate of drug-likeness (QED) is 0.676. The van der Waals surface area contributed by atoms with Gasteiger partial charge in [-0.25, -0.2) is 0 Å². The molecule has 3 aromatic carbocycles. The van der Waals surface area contributed by atoms with Crippen molar-refractivity contribution in [2.45, 2.75) is 0 Å². The fourth-order valence-electron chi connectivity index (χ4n) is 2.19. The first-order valence-corrected chi connectivity index (χ1v) is 8.12. The number of rotatable bonds is 4. The molecule has 0 atom stereocenters. The molecule has 0 heterocycles. The molecule has 1 amide bonds. The average molecular weight is 348 g/mol. The number of para-hydroxylation sites is 3. The van der Waals surface area contributed by atoms with Gasteiger partial charge in [-0.2, -0.15) is 0 Å². The van der Waals surface area contributed by atoms with Crippen LogP contribution in [-0.4, -0.2) is 11.0 Å². The Morgan fingerprint density at radius 1 is 0.800 bits per heavy atom. The Labute approximate surface area is 151 Å². The van der Waals surface area contributed by atoms with E-state index in [1.807, 2.05) is 60.7 Å². The van der Waals surface area contributed by atoms with E-state index in [-0.39, 0.29) is 11.0 Å². The van der Waals surface area contributed by atoms with Crippen LogP contribution in [0, 0.1) is 0 Å². The van der Waals surface area contributed by atoms with Gasteiger partial charge in [0.15, 0.2) is 10.9 Å². The van der Waals surface area contributed by atoms with E-state index in [1.54, 1.807) is 24.3 Å². The van der Waals surface area contributed by atoms with Gasteiger partial charge in [-0.1, -0.05) is 48.5 Å². The topological polar surface area (TPSA) is 50.4 Å². The molecule has 0 aliphatic heterocycles. The third-order valence-corrected chi connectivity index (χ3v) is 3.57. The molecule has 0 fully saturated rings. The molecule has 0 saturated heterocycles. The largest absolute Gasteiger partial charge is 0.455 e. The van der Waals surface area contributed by atoms with Gasteiger partial charge < -0.3 is 10.1 Å². The Morgan fingerprint density at radius 3 is 2.12 bits per heavy atom. The van der Waals surface area contributed by atoms with Crippen LogP contribution >= 0.6 is 12.2 Å². The van der Waals surface area contributed by atoms with Crippen LogP contribution in [0.2, 0.25) is 0 Å². The number of nitrogens with one attached hydrogen (secondary N) is 2. The molecular weight excluding hydrogens is 332 g/mol. The third-order valence-electron chi connectivity index (χ3n) is 3.37. The van der Waals surface area contributed by atoms with E-state index in [1.165, 1.54) is 0 Å². The number of carbonyl (C=O) groups is 1. The number of hydrogen-bond donors (Lipinski definition) is 2. The van der Waals surface area contributed by atoms with Crippen LogP contribution in [0.5, 0.6) is 11.5 Å². The second kappa shape index (κ2) is 8.08. The van der Waals surface area contributed by atoms with Crippen LogP contribution in [0.3, 0.4) is 0 Å². The summed E-state index contributed by atoms with van der Waals surface area (Å²) in [5.41, 5.74) is 1.21. The van der Waals surface area contributed by atoms with Crippen LogP contribution < -0.4 is 15.4 Å². The van der Waals surface area contributed by atoms with E-state index >= 15 is 0 Å². The number of thiocarbonyl (C=S) groups is 1. The van der Waals surface area contributed by atoms with Crippen molar-refractivity contribution in [3.63, 3.8) is 0 Å². The van der Waals surface area contributed by atoms with E-state index in [0.717, 1.165) is 5.75 Å². The zero-order valence-corrected chi connectivity index (χ0v) is 14.1. The second-order valence-corrected chi connectivity index (χ2v) is 5.59. The monoisotopic (exact) mass is 348 g/mol. The van der Waals surface area contributed by atoms with Crippen molar-refractivity contribution in [1.82, 2.24) is 5.32 Å². The fraction of sp³-hybridized carbons (Fsp3) is 0. The minimum absolute atomic E-state index is 0.206. The summed E-state index contributed by atoms with van der Waals surface area (Å²) in [6.07, 6.45) is 0. The highest BCUT2D eigenvalue weighted by Gasteiger charge is 2.10. The number of hydrogen-bond acceptors (Lipinski definition) is 3. The Hall–Kier alpha value is -3.18. The number of ether oxygens (including phenoxy) is 1. The summed E-state index contributed by atoms with van der Waals surface area (Å²) >= 11 is 5.24. The SMILES string of the molecule is O=C(NC(=S)Nc1ccccc1Oc1ccccc1)c1ccccc1. The Balaban J connectivity index is 1.68. The average Bonchev–Trinajstić information content (AvgIpc) is 2.65. The predicted molar refractivity (Wildman–Crippen MR) is 103 cm³/mol. The van der Waals surface area contributed by atoms with E-state index < -0.39 is 0 Å². The predicted octanol–water partition coefficient (Wildman–Crippen LogP) is 4.61. The molecular formula is C20H16N2O2S. The fourth-order valence-corrected chi connectivity index (χ4v) is 2.40. The van der Waals surface area contributed by atoms with E-state index in [4.69, 9.17) is 17.0 Å². The maximum Gasteiger partial charge on any atom is 0.257 e. The van der Waals surface area contributed by atoms with Gasteiger partial charge >= 0.3 is 0 Å². The highest BCUT2D eigenvalue weighted by Crippen LogP contribution is 2.28. The van der Waals surface area contributed by atoms with Crippen molar-refractivity contribution in [3.05, 3.63) is 90.5 Å². The van der Waals surface area contributed by atoms with Crippen LogP contribution in [-0.2, 0) is 0 Å². The lowest BCUT2D eigenvalue weighted by molar-refractivity contribution is 0.0977.